The Morgan fingerprint density at radius 2 is 1.12 bits per heavy atom. The van der Waals surface area contributed by atoms with Crippen LogP contribution in [0.5, 0.6) is 0 Å². The van der Waals surface area contributed by atoms with Crippen LogP contribution < -0.4 is 29.6 Å². The molecule has 0 fully saturated rings. The minimum absolute atomic E-state index is 0. The van der Waals surface area contributed by atoms with Crippen LogP contribution in [0.2, 0.25) is 0 Å². The Balaban J connectivity index is -0.000000241. The Kier molecular flexibility index (Phi) is 16.4. The first-order valence-electron chi connectivity index (χ1n) is 4.13. The molecule has 8 N–H and O–H groups in total. The SMILES string of the molecule is O.O.O.O.O=[N+]([O-])c1ccc(S(=O)(=O)[O-])c([N+](=O)[O-])c1[N+](=O)[O-].[Na+]. The summed E-state index contributed by atoms with van der Waals surface area (Å²) >= 11 is 0. The van der Waals surface area contributed by atoms with E-state index in [1.165, 1.54) is 0 Å². The van der Waals surface area contributed by atoms with Gasteiger partial charge in [0.1, 0.15) is 15.0 Å². The molecule has 0 saturated heterocycles. The van der Waals surface area contributed by atoms with Gasteiger partial charge in [0.15, 0.2) is 0 Å². The molecule has 0 aliphatic rings. The van der Waals surface area contributed by atoms with Gasteiger partial charge in [-0.15, -0.1) is 0 Å². The van der Waals surface area contributed by atoms with Crippen LogP contribution in [0.4, 0.5) is 17.1 Å². The first kappa shape index (κ1) is 33.7. The quantitative estimate of drug-likeness (QED) is 0.205. The summed E-state index contributed by atoms with van der Waals surface area (Å²) in [6.45, 7) is 0. The number of nitro benzene ring substituents is 3. The smallest absolute Gasteiger partial charge is 0.744 e. The van der Waals surface area contributed by atoms with E-state index in [-0.39, 0.29) is 57.5 Å². The summed E-state index contributed by atoms with van der Waals surface area (Å²) in [6.07, 6.45) is 0. The molecule has 0 aliphatic heterocycles. The fourth-order valence-electron chi connectivity index (χ4n) is 1.26. The number of hydrogen-bond donors (Lipinski definition) is 0. The zero-order valence-electron chi connectivity index (χ0n) is 11.6. The molecule has 1 aromatic rings. The minimum atomic E-state index is -5.40. The molecule has 0 aliphatic carbocycles. The van der Waals surface area contributed by atoms with E-state index in [2.05, 4.69) is 0 Å². The van der Waals surface area contributed by atoms with E-state index in [0.717, 1.165) is 0 Å². The summed E-state index contributed by atoms with van der Waals surface area (Å²) < 4.78 is 32.3. The summed E-state index contributed by atoms with van der Waals surface area (Å²) in [5.41, 5.74) is -4.68. The second-order valence-corrected chi connectivity index (χ2v) is 4.35. The monoisotopic (exact) mass is 387 g/mol. The van der Waals surface area contributed by atoms with Gasteiger partial charge in [-0.2, -0.15) is 0 Å². The second-order valence-electron chi connectivity index (χ2n) is 3.01. The van der Waals surface area contributed by atoms with Crippen molar-refractivity contribution >= 4 is 27.2 Å². The third-order valence-corrected chi connectivity index (χ3v) is 2.79. The average Bonchev–Trinajstić information content (AvgIpc) is 2.25. The Morgan fingerprint density at radius 3 is 1.38 bits per heavy atom. The fourth-order valence-corrected chi connectivity index (χ4v) is 1.90. The van der Waals surface area contributed by atoms with Gasteiger partial charge < -0.3 is 26.5 Å². The molecule has 18 heteroatoms. The van der Waals surface area contributed by atoms with Crippen LogP contribution in [0.3, 0.4) is 0 Å². The number of nitro groups is 3. The number of hydrogen-bond acceptors (Lipinski definition) is 9. The van der Waals surface area contributed by atoms with E-state index in [1.807, 2.05) is 0 Å². The van der Waals surface area contributed by atoms with Crippen molar-refractivity contribution in [3.63, 3.8) is 0 Å². The molecule has 1 rings (SSSR count). The van der Waals surface area contributed by atoms with Crippen LogP contribution in [-0.2, 0) is 10.1 Å². The molecule has 0 aromatic heterocycles. The zero-order chi connectivity index (χ0) is 15.0. The summed E-state index contributed by atoms with van der Waals surface area (Å²) in [7, 11) is -5.40. The topological polar surface area (TPSA) is 313 Å². The van der Waals surface area contributed by atoms with E-state index >= 15 is 0 Å². The van der Waals surface area contributed by atoms with Crippen molar-refractivity contribution in [2.75, 3.05) is 0 Å². The predicted octanol–water partition coefficient (Wildman–Crippen LogP) is -5.98. The molecular weight excluding hydrogens is 377 g/mol. The molecule has 1 aromatic carbocycles. The molecule has 0 radical (unpaired) electrons. The van der Waals surface area contributed by atoms with Gasteiger partial charge in [0.2, 0.25) is 0 Å². The van der Waals surface area contributed by atoms with Crippen molar-refractivity contribution in [3.05, 3.63) is 42.5 Å². The Morgan fingerprint density at radius 1 is 0.750 bits per heavy atom. The van der Waals surface area contributed by atoms with Gasteiger partial charge in [0, 0.05) is 6.07 Å². The van der Waals surface area contributed by atoms with E-state index < -0.39 is 46.8 Å². The maximum absolute atomic E-state index is 10.8. The van der Waals surface area contributed by atoms with E-state index in [9.17, 15) is 43.3 Å². The molecule has 0 saturated carbocycles. The van der Waals surface area contributed by atoms with Crippen LogP contribution >= 0.6 is 0 Å². The maximum atomic E-state index is 10.8. The van der Waals surface area contributed by atoms with Crippen LogP contribution in [0, 0.1) is 30.3 Å². The van der Waals surface area contributed by atoms with Crippen molar-refractivity contribution in [2.45, 2.75) is 4.90 Å². The van der Waals surface area contributed by atoms with Crippen LogP contribution in [0.1, 0.15) is 0 Å². The first-order valence-corrected chi connectivity index (χ1v) is 5.54. The minimum Gasteiger partial charge on any atom is -0.744 e. The Bertz CT molecular complexity index is 704. The standard InChI is InChI=1S/C6H3N3O9S.Na.4H2O/c10-7(11)3-1-2-4(19(16,17)18)6(9(14)15)5(3)8(12)13;;;;;/h1-2H,(H,16,17,18);;4*1H2/q;+1;;;;/p-1. The third kappa shape index (κ3) is 6.74. The van der Waals surface area contributed by atoms with Gasteiger partial charge in [-0.05, 0) is 6.07 Å². The number of rotatable bonds is 4. The summed E-state index contributed by atoms with van der Waals surface area (Å²) in [5.74, 6) is 0. The molecule has 0 unspecified atom stereocenters. The maximum Gasteiger partial charge on any atom is 1.00 e. The average molecular weight is 387 g/mol. The first-order chi connectivity index (χ1) is 8.57. The van der Waals surface area contributed by atoms with E-state index in [4.69, 9.17) is 0 Å². The van der Waals surface area contributed by atoms with Gasteiger partial charge in [-0.1, -0.05) is 0 Å². The predicted molar refractivity (Wildman–Crippen MR) is 68.8 cm³/mol. The second kappa shape index (κ2) is 11.7. The van der Waals surface area contributed by atoms with Crippen LogP contribution in [0.15, 0.2) is 17.0 Å². The van der Waals surface area contributed by atoms with Gasteiger partial charge in [-0.25, -0.2) is 8.42 Å². The molecule has 0 heterocycles. The molecule has 0 bridgehead atoms. The van der Waals surface area contributed by atoms with Crippen molar-refractivity contribution in [1.82, 2.24) is 0 Å². The molecule has 0 amide bonds. The molecule has 0 spiro atoms. The third-order valence-electron chi connectivity index (χ3n) is 1.92. The summed E-state index contributed by atoms with van der Waals surface area (Å²) in [4.78, 5) is 26.0. The molecule has 0 atom stereocenters. The van der Waals surface area contributed by atoms with E-state index in [0.29, 0.717) is 6.07 Å². The van der Waals surface area contributed by atoms with Gasteiger partial charge in [0.05, 0.1) is 14.8 Å². The Hall–Kier alpha value is -1.83. The van der Waals surface area contributed by atoms with Crippen molar-refractivity contribution in [2.24, 2.45) is 0 Å². The molecular formula is C6H10N3NaO13S. The van der Waals surface area contributed by atoms with Crippen LogP contribution in [-0.4, -0.2) is 49.6 Å². The van der Waals surface area contributed by atoms with Gasteiger partial charge >= 0.3 is 46.6 Å². The van der Waals surface area contributed by atoms with Crippen molar-refractivity contribution in [3.8, 4) is 0 Å². The number of benzene rings is 1. The molecule has 16 nitrogen and oxygen atoms in total. The largest absolute Gasteiger partial charge is 1.00 e. The number of nitrogens with zero attached hydrogens (tertiary/aromatic N) is 3. The summed E-state index contributed by atoms with van der Waals surface area (Å²) in [6, 6.07) is 0.627. The van der Waals surface area contributed by atoms with Crippen molar-refractivity contribution in [1.29, 1.82) is 0 Å². The summed E-state index contributed by atoms with van der Waals surface area (Å²) in [5, 5.41) is 31.8. The zero-order valence-corrected chi connectivity index (χ0v) is 14.4. The van der Waals surface area contributed by atoms with E-state index in [1.54, 1.807) is 0 Å². The van der Waals surface area contributed by atoms with Crippen LogP contribution in [0.25, 0.3) is 0 Å². The van der Waals surface area contributed by atoms with Gasteiger partial charge in [0.25, 0.3) is 0 Å². The normalized spacial score (nSPS) is 8.71. The fraction of sp³-hybridized carbons (Fsp3) is 0. The van der Waals surface area contributed by atoms with Gasteiger partial charge in [-0.3, -0.25) is 30.3 Å². The molecule has 134 valence electrons. The van der Waals surface area contributed by atoms with Crippen molar-refractivity contribution < 1.29 is 79.2 Å². The molecule has 24 heavy (non-hydrogen) atoms. The Labute approximate surface area is 153 Å².